The van der Waals surface area contributed by atoms with Gasteiger partial charge in [0.2, 0.25) is 5.91 Å². The van der Waals surface area contributed by atoms with Crippen molar-refractivity contribution in [1.29, 1.82) is 0 Å². The van der Waals surface area contributed by atoms with Gasteiger partial charge in [-0.3, -0.25) is 9.59 Å². The average Bonchev–Trinajstić information content (AvgIpc) is 2.96. The minimum atomic E-state index is -0.844. The highest BCUT2D eigenvalue weighted by Crippen LogP contribution is 2.35. The van der Waals surface area contributed by atoms with Crippen molar-refractivity contribution >= 4 is 17.8 Å². The quantitative estimate of drug-likeness (QED) is 0.640. The van der Waals surface area contributed by atoms with E-state index in [1.165, 1.54) is 0 Å². The van der Waals surface area contributed by atoms with E-state index < -0.39 is 23.2 Å². The number of carbonyl (C=O) groups is 3. The maximum atomic E-state index is 12.6. The first-order valence-corrected chi connectivity index (χ1v) is 7.40. The van der Waals surface area contributed by atoms with Crippen LogP contribution in [0.3, 0.4) is 0 Å². The Morgan fingerprint density at radius 3 is 2.52 bits per heavy atom. The van der Waals surface area contributed by atoms with Crippen LogP contribution in [0.2, 0.25) is 0 Å². The van der Waals surface area contributed by atoms with Crippen molar-refractivity contribution < 1.29 is 14.4 Å². The number of nitrogens with two attached hydrogens (primary N) is 1. The molecule has 1 aliphatic carbocycles. The molecule has 1 saturated carbocycles. The summed E-state index contributed by atoms with van der Waals surface area (Å²) < 4.78 is 0. The van der Waals surface area contributed by atoms with Crippen molar-refractivity contribution in [2.45, 2.75) is 63.6 Å². The minimum Gasteiger partial charge on any atom is -0.348 e. The molecule has 4 amide bonds. The molecule has 1 spiro atoms. The predicted octanol–water partition coefficient (Wildman–Crippen LogP) is 0.0930. The third kappa shape index (κ3) is 2.74. The summed E-state index contributed by atoms with van der Waals surface area (Å²) in [5.74, 6) is -0.651. The van der Waals surface area contributed by atoms with E-state index in [1.807, 2.05) is 0 Å². The smallest absolute Gasteiger partial charge is 0.325 e. The zero-order chi connectivity index (χ0) is 15.8. The summed E-state index contributed by atoms with van der Waals surface area (Å²) in [6, 6.07) is -1.32. The van der Waals surface area contributed by atoms with E-state index in [1.54, 1.807) is 20.8 Å². The molecule has 118 valence electrons. The van der Waals surface area contributed by atoms with Gasteiger partial charge in [0, 0.05) is 12.1 Å². The van der Waals surface area contributed by atoms with E-state index in [0.717, 1.165) is 17.7 Å². The second kappa shape index (κ2) is 5.29. The lowest BCUT2D eigenvalue weighted by Crippen LogP contribution is -2.56. The third-order valence-corrected chi connectivity index (χ3v) is 4.39. The van der Waals surface area contributed by atoms with Gasteiger partial charge >= 0.3 is 6.03 Å². The first-order chi connectivity index (χ1) is 9.72. The van der Waals surface area contributed by atoms with Crippen LogP contribution >= 0.6 is 0 Å². The van der Waals surface area contributed by atoms with Crippen LogP contribution in [0.1, 0.15) is 46.5 Å². The molecule has 1 unspecified atom stereocenters. The van der Waals surface area contributed by atoms with Crippen molar-refractivity contribution in [2.24, 2.45) is 5.73 Å². The molecular formula is C14H24N4O3. The molecule has 1 heterocycles. The number of hydrogen-bond donors (Lipinski definition) is 3. The van der Waals surface area contributed by atoms with Gasteiger partial charge in [0.05, 0.1) is 0 Å². The molecule has 2 aliphatic rings. The van der Waals surface area contributed by atoms with Crippen LogP contribution in [0.4, 0.5) is 4.79 Å². The van der Waals surface area contributed by atoms with Gasteiger partial charge in [-0.15, -0.1) is 0 Å². The molecule has 1 saturated heterocycles. The van der Waals surface area contributed by atoms with Gasteiger partial charge in [0.25, 0.3) is 5.91 Å². The molecule has 2 fully saturated rings. The standard InChI is InChI=1S/C14H24N4O3/c1-9(10(19)16-13(2,3)8-15)18-11(20)14(17-12(18)21)6-4-5-7-14/h9H,4-8,15H2,1-3H3,(H,16,19)(H,17,21). The van der Waals surface area contributed by atoms with Gasteiger partial charge in [-0.05, 0) is 33.6 Å². The van der Waals surface area contributed by atoms with E-state index in [0.29, 0.717) is 12.8 Å². The molecule has 7 nitrogen and oxygen atoms in total. The SMILES string of the molecule is CC(C(=O)NC(C)(C)CN)N1C(=O)NC2(CCCC2)C1=O. The molecule has 2 rings (SSSR count). The topological polar surface area (TPSA) is 105 Å². The molecule has 7 heteroatoms. The zero-order valence-corrected chi connectivity index (χ0v) is 12.9. The highest BCUT2D eigenvalue weighted by molar-refractivity contribution is 6.10. The lowest BCUT2D eigenvalue weighted by molar-refractivity contribution is -0.138. The van der Waals surface area contributed by atoms with Crippen LogP contribution in [0, 0.1) is 0 Å². The van der Waals surface area contributed by atoms with Crippen molar-refractivity contribution in [1.82, 2.24) is 15.5 Å². The van der Waals surface area contributed by atoms with Gasteiger partial charge in [0.1, 0.15) is 11.6 Å². The number of nitrogens with one attached hydrogen (secondary N) is 2. The van der Waals surface area contributed by atoms with Gasteiger partial charge < -0.3 is 16.4 Å². The van der Waals surface area contributed by atoms with Crippen molar-refractivity contribution in [3.63, 3.8) is 0 Å². The van der Waals surface area contributed by atoms with Gasteiger partial charge in [-0.2, -0.15) is 0 Å². The number of urea groups is 1. The molecule has 21 heavy (non-hydrogen) atoms. The Kier molecular flexibility index (Phi) is 3.97. The lowest BCUT2D eigenvalue weighted by Gasteiger charge is -2.29. The van der Waals surface area contributed by atoms with Crippen LogP contribution in [-0.4, -0.2) is 46.4 Å². The molecule has 1 atom stereocenters. The van der Waals surface area contributed by atoms with E-state index in [9.17, 15) is 14.4 Å². The molecule has 0 radical (unpaired) electrons. The maximum Gasteiger partial charge on any atom is 0.325 e. The molecule has 0 aromatic heterocycles. The number of nitrogens with zero attached hydrogens (tertiary/aromatic N) is 1. The van der Waals surface area contributed by atoms with Crippen LogP contribution < -0.4 is 16.4 Å². The number of imide groups is 1. The normalized spacial score (nSPS) is 22.6. The van der Waals surface area contributed by atoms with Crippen molar-refractivity contribution in [3.8, 4) is 0 Å². The average molecular weight is 296 g/mol. The summed E-state index contributed by atoms with van der Waals surface area (Å²) >= 11 is 0. The Bertz CT molecular complexity index is 469. The van der Waals surface area contributed by atoms with Crippen LogP contribution in [-0.2, 0) is 9.59 Å². The fraction of sp³-hybridized carbons (Fsp3) is 0.786. The Morgan fingerprint density at radius 1 is 1.43 bits per heavy atom. The molecule has 0 aromatic rings. The van der Waals surface area contributed by atoms with E-state index in [-0.39, 0.29) is 18.4 Å². The van der Waals surface area contributed by atoms with Gasteiger partial charge in [0.15, 0.2) is 0 Å². The maximum absolute atomic E-state index is 12.6. The first-order valence-electron chi connectivity index (χ1n) is 7.40. The van der Waals surface area contributed by atoms with E-state index >= 15 is 0 Å². The number of amides is 4. The summed E-state index contributed by atoms with van der Waals surface area (Å²) in [5, 5.41) is 5.54. The summed E-state index contributed by atoms with van der Waals surface area (Å²) in [7, 11) is 0. The Morgan fingerprint density at radius 2 is 2.00 bits per heavy atom. The number of hydrogen-bond acceptors (Lipinski definition) is 4. The van der Waals surface area contributed by atoms with Crippen LogP contribution in [0.15, 0.2) is 0 Å². The van der Waals surface area contributed by atoms with Gasteiger partial charge in [-0.1, -0.05) is 12.8 Å². The van der Waals surface area contributed by atoms with Gasteiger partial charge in [-0.25, -0.2) is 9.69 Å². The zero-order valence-electron chi connectivity index (χ0n) is 12.9. The number of rotatable bonds is 4. The third-order valence-electron chi connectivity index (χ3n) is 4.39. The fourth-order valence-electron chi connectivity index (χ4n) is 2.92. The molecule has 4 N–H and O–H groups in total. The summed E-state index contributed by atoms with van der Waals surface area (Å²) in [6.07, 6.45) is 3.13. The van der Waals surface area contributed by atoms with E-state index in [4.69, 9.17) is 5.73 Å². The van der Waals surface area contributed by atoms with Crippen molar-refractivity contribution in [2.75, 3.05) is 6.54 Å². The van der Waals surface area contributed by atoms with Crippen LogP contribution in [0.25, 0.3) is 0 Å². The summed E-state index contributed by atoms with van der Waals surface area (Å²) in [6.45, 7) is 5.42. The molecular weight excluding hydrogens is 272 g/mol. The fourth-order valence-corrected chi connectivity index (χ4v) is 2.92. The lowest BCUT2D eigenvalue weighted by atomic mass is 9.97. The highest BCUT2D eigenvalue weighted by atomic mass is 16.2. The van der Waals surface area contributed by atoms with Crippen molar-refractivity contribution in [3.05, 3.63) is 0 Å². The van der Waals surface area contributed by atoms with Crippen LogP contribution in [0.5, 0.6) is 0 Å². The largest absolute Gasteiger partial charge is 0.348 e. The molecule has 0 aromatic carbocycles. The van der Waals surface area contributed by atoms with E-state index in [2.05, 4.69) is 10.6 Å². The molecule has 0 bridgehead atoms. The Hall–Kier alpha value is -1.63. The summed E-state index contributed by atoms with van der Waals surface area (Å²) in [4.78, 5) is 38.0. The number of carbonyl (C=O) groups excluding carboxylic acids is 3. The first kappa shape index (κ1) is 15.8. The summed E-state index contributed by atoms with van der Waals surface area (Å²) in [5.41, 5.74) is 4.23. The second-order valence-corrected chi connectivity index (χ2v) is 6.65. The minimum absolute atomic E-state index is 0.273. The molecule has 1 aliphatic heterocycles. The second-order valence-electron chi connectivity index (χ2n) is 6.65. The highest BCUT2D eigenvalue weighted by Gasteiger charge is 2.54. The predicted molar refractivity (Wildman–Crippen MR) is 77.3 cm³/mol. The Labute approximate surface area is 124 Å². The Balaban J connectivity index is 2.12. The monoisotopic (exact) mass is 296 g/mol.